The number of benzene rings is 2. The van der Waals surface area contributed by atoms with Crippen LogP contribution in [-0.4, -0.2) is 54.9 Å². The summed E-state index contributed by atoms with van der Waals surface area (Å²) in [6.45, 7) is 2.01. The van der Waals surface area contributed by atoms with E-state index in [2.05, 4.69) is 14.1 Å². The van der Waals surface area contributed by atoms with Crippen LogP contribution >= 0.6 is 0 Å². The maximum Gasteiger partial charge on any atom is 0.321 e. The van der Waals surface area contributed by atoms with Crippen molar-refractivity contribution in [1.29, 1.82) is 0 Å². The van der Waals surface area contributed by atoms with Gasteiger partial charge < -0.3 is 14.0 Å². The zero-order valence-electron chi connectivity index (χ0n) is 17.7. The Labute approximate surface area is 177 Å². The molecule has 30 heavy (non-hydrogen) atoms. The number of nitrogens with zero attached hydrogens (tertiary/aromatic N) is 1. The van der Waals surface area contributed by atoms with Crippen LogP contribution in [-0.2, 0) is 19.7 Å². The van der Waals surface area contributed by atoms with Crippen LogP contribution in [0.25, 0.3) is 0 Å². The van der Waals surface area contributed by atoms with Crippen molar-refractivity contribution in [3.05, 3.63) is 71.8 Å². The van der Waals surface area contributed by atoms with Gasteiger partial charge in [-0.2, -0.15) is 0 Å². The number of epoxide rings is 1. The monoisotopic (exact) mass is 402 g/mol. The number of fused-ring (bicyclic) bond motifs is 2. The molecule has 0 radical (unpaired) electrons. The molecule has 5 aliphatic rings. The van der Waals surface area contributed by atoms with E-state index >= 15 is 0 Å². The highest BCUT2D eigenvalue weighted by Crippen LogP contribution is 2.88. The highest BCUT2D eigenvalue weighted by Gasteiger charge is 3.01. The highest BCUT2D eigenvalue weighted by atomic mass is 16.6. The van der Waals surface area contributed by atoms with Crippen molar-refractivity contribution in [3.63, 3.8) is 0 Å². The maximum absolute atomic E-state index is 13.8. The van der Waals surface area contributed by atoms with Crippen molar-refractivity contribution < 1.29 is 18.8 Å². The number of esters is 1. The van der Waals surface area contributed by atoms with Gasteiger partial charge in [-0.05, 0) is 18.1 Å². The molecule has 3 saturated carbocycles. The Morgan fingerprint density at radius 1 is 1.03 bits per heavy atom. The molecule has 2 aromatic carbocycles. The number of likely N-dealkylation sites (N-methyl/N-ethyl adjacent to an activating group) is 1. The van der Waals surface area contributed by atoms with Crippen LogP contribution < -0.4 is 0 Å². The minimum Gasteiger partial charge on any atom is -0.461 e. The second-order valence-corrected chi connectivity index (χ2v) is 10.8. The van der Waals surface area contributed by atoms with Crippen LogP contribution in [0, 0.1) is 17.3 Å². The fourth-order valence-corrected chi connectivity index (χ4v) is 8.19. The molecule has 7 unspecified atom stereocenters. The smallest absolute Gasteiger partial charge is 0.321 e. The summed E-state index contributed by atoms with van der Waals surface area (Å²) in [5.41, 5.74) is 1.46. The molecule has 4 nitrogen and oxygen atoms in total. The number of piperidine rings is 1. The fraction of sp³-hybridized carbons (Fsp3) is 0.500. The molecule has 0 N–H and O–H groups in total. The van der Waals surface area contributed by atoms with E-state index in [-0.39, 0.29) is 12.1 Å². The molecule has 0 bridgehead atoms. The lowest BCUT2D eigenvalue weighted by atomic mass is 9.72. The number of rotatable bonds is 4. The van der Waals surface area contributed by atoms with Gasteiger partial charge in [-0.15, -0.1) is 0 Å². The zero-order valence-corrected chi connectivity index (χ0v) is 17.7. The topological polar surface area (TPSA) is 38.8 Å². The van der Waals surface area contributed by atoms with Crippen molar-refractivity contribution in [3.8, 4) is 0 Å². The van der Waals surface area contributed by atoms with Gasteiger partial charge in [0.15, 0.2) is 0 Å². The number of hydrogen-bond donors (Lipinski definition) is 0. The van der Waals surface area contributed by atoms with E-state index in [0.29, 0.717) is 41.5 Å². The van der Waals surface area contributed by atoms with Gasteiger partial charge in [-0.3, -0.25) is 4.79 Å². The molecule has 0 amide bonds. The predicted molar refractivity (Wildman–Crippen MR) is 112 cm³/mol. The van der Waals surface area contributed by atoms with E-state index in [9.17, 15) is 4.79 Å². The van der Waals surface area contributed by atoms with Crippen molar-refractivity contribution in [2.24, 2.45) is 17.3 Å². The van der Waals surface area contributed by atoms with E-state index in [1.807, 2.05) is 67.6 Å². The quantitative estimate of drug-likeness (QED) is 0.448. The van der Waals surface area contributed by atoms with Gasteiger partial charge in [0.05, 0.1) is 25.6 Å². The third kappa shape index (κ3) is 1.73. The molecule has 3 aliphatic carbocycles. The van der Waals surface area contributed by atoms with Crippen LogP contribution in [0.2, 0.25) is 0 Å². The number of carbonyl (C=O) groups excluding carboxylic acids is 1. The summed E-state index contributed by atoms with van der Waals surface area (Å²) >= 11 is 0. The Hall–Kier alpha value is -2.17. The first-order chi connectivity index (χ1) is 14.4. The van der Waals surface area contributed by atoms with Gasteiger partial charge in [-0.25, -0.2) is 0 Å². The normalized spacial score (nSPS) is 43.1. The number of quaternary nitrogens is 1. The van der Waals surface area contributed by atoms with Gasteiger partial charge >= 0.3 is 5.97 Å². The molecule has 5 fully saturated rings. The molecule has 2 heterocycles. The van der Waals surface area contributed by atoms with E-state index in [0.717, 1.165) is 22.0 Å². The molecule has 2 aliphatic heterocycles. The van der Waals surface area contributed by atoms with Gasteiger partial charge in [0.2, 0.25) is 0 Å². The molecule has 7 rings (SSSR count). The summed E-state index contributed by atoms with van der Waals surface area (Å²) < 4.78 is 13.5. The summed E-state index contributed by atoms with van der Waals surface area (Å²) in [7, 11) is 4.72. The maximum atomic E-state index is 13.8. The van der Waals surface area contributed by atoms with E-state index in [4.69, 9.17) is 9.47 Å². The minimum absolute atomic E-state index is 0.0202. The second kappa shape index (κ2) is 5.17. The van der Waals surface area contributed by atoms with Crippen molar-refractivity contribution in [1.82, 2.24) is 0 Å². The molecular formula is C26H28NO3+. The van der Waals surface area contributed by atoms with Gasteiger partial charge in [0.25, 0.3) is 0 Å². The lowest BCUT2D eigenvalue weighted by Crippen LogP contribution is -2.61. The first-order valence-electron chi connectivity index (χ1n) is 11.2. The lowest BCUT2D eigenvalue weighted by Gasteiger charge is -2.42. The average Bonchev–Trinajstić information content (AvgIpc) is 3.59. The van der Waals surface area contributed by atoms with E-state index < -0.39 is 5.41 Å². The zero-order chi connectivity index (χ0) is 20.5. The lowest BCUT2D eigenvalue weighted by molar-refractivity contribution is -0.934. The Morgan fingerprint density at radius 2 is 1.63 bits per heavy atom. The standard InChI is InChI=1S/C26H28NO3/c1-25(15-10-6-4-7-11-15,16-12-8-5-9-13-16)24(28)29-18-14-17-19-20(18)26(19)22(27(17,2)3)21-23(26)30-21/h4-13,17-23H,14H2,1-3H3/q+1/t17?,18-,19?,20?,21?,22?,23?,26?/m0/s1. The summed E-state index contributed by atoms with van der Waals surface area (Å²) in [6.07, 6.45) is 1.92. The largest absolute Gasteiger partial charge is 0.461 e. The van der Waals surface area contributed by atoms with Crippen LogP contribution in [0.1, 0.15) is 24.5 Å². The molecular weight excluding hydrogens is 374 g/mol. The average molecular weight is 403 g/mol. The van der Waals surface area contributed by atoms with Crippen molar-refractivity contribution in [2.45, 2.75) is 49.2 Å². The molecule has 8 atom stereocenters. The molecule has 4 heteroatoms. The number of hydrogen-bond acceptors (Lipinski definition) is 3. The van der Waals surface area contributed by atoms with Crippen LogP contribution in [0.5, 0.6) is 0 Å². The number of carbonyl (C=O) groups is 1. The molecule has 1 spiro atoms. The molecule has 0 aromatic heterocycles. The Balaban J connectivity index is 1.23. The number of ether oxygens (including phenoxy) is 2. The van der Waals surface area contributed by atoms with Crippen LogP contribution in [0.3, 0.4) is 0 Å². The third-order valence-electron chi connectivity index (χ3n) is 9.50. The predicted octanol–water partition coefficient (Wildman–Crippen LogP) is 3.15. The van der Waals surface area contributed by atoms with E-state index in [1.54, 1.807) is 0 Å². The summed E-state index contributed by atoms with van der Waals surface area (Å²) in [6, 6.07) is 21.3. The molecule has 154 valence electrons. The molecule has 2 aromatic rings. The van der Waals surface area contributed by atoms with Crippen molar-refractivity contribution in [2.75, 3.05) is 14.1 Å². The Bertz CT molecular complexity index is 1010. The van der Waals surface area contributed by atoms with Crippen LogP contribution in [0.15, 0.2) is 60.7 Å². The van der Waals surface area contributed by atoms with Crippen LogP contribution in [0.4, 0.5) is 0 Å². The van der Waals surface area contributed by atoms with Gasteiger partial charge in [0, 0.05) is 18.3 Å². The SMILES string of the molecule is CC(C(=O)O[C@H]1CC2C3C1C31C3OC3C1[N+]2(C)C)(c1ccccc1)c1ccccc1. The highest BCUT2D eigenvalue weighted by molar-refractivity contribution is 5.87. The van der Waals surface area contributed by atoms with E-state index in [1.165, 1.54) is 0 Å². The third-order valence-corrected chi connectivity index (χ3v) is 9.50. The first kappa shape index (κ1) is 17.5. The fourth-order valence-electron chi connectivity index (χ4n) is 8.19. The Morgan fingerprint density at radius 3 is 2.23 bits per heavy atom. The van der Waals surface area contributed by atoms with Gasteiger partial charge in [0.1, 0.15) is 29.8 Å². The summed E-state index contributed by atoms with van der Waals surface area (Å²) in [5.74, 6) is 1.06. The first-order valence-corrected chi connectivity index (χ1v) is 11.2. The number of likely N-dealkylation sites (tertiary alicyclic amines) is 1. The molecule has 2 saturated heterocycles. The van der Waals surface area contributed by atoms with Crippen molar-refractivity contribution >= 4 is 5.97 Å². The minimum atomic E-state index is -0.811. The second-order valence-electron chi connectivity index (χ2n) is 10.8. The summed E-state index contributed by atoms with van der Waals surface area (Å²) in [5, 5.41) is 0. The van der Waals surface area contributed by atoms with Gasteiger partial charge in [-0.1, -0.05) is 60.7 Å². The summed E-state index contributed by atoms with van der Waals surface area (Å²) in [4.78, 5) is 13.8. The Kier molecular flexibility index (Phi) is 3.02.